The summed E-state index contributed by atoms with van der Waals surface area (Å²) in [6.45, 7) is 0. The number of benzene rings is 13. The summed E-state index contributed by atoms with van der Waals surface area (Å²) >= 11 is 0. The second kappa shape index (κ2) is 21.8. The molecule has 9 aromatic heterocycles. The Labute approximate surface area is 583 Å². The van der Waals surface area contributed by atoms with E-state index in [1.807, 2.05) is 36.9 Å². The Balaban J connectivity index is 0.844. The normalized spacial score (nSPS) is 12.1. The van der Waals surface area contributed by atoms with Crippen LogP contribution in [0.4, 0.5) is 0 Å². The minimum Gasteiger partial charge on any atom is -0.309 e. The van der Waals surface area contributed by atoms with Crippen molar-refractivity contribution in [2.75, 3.05) is 0 Å². The van der Waals surface area contributed by atoms with Gasteiger partial charge in [0.25, 0.3) is 0 Å². The highest BCUT2D eigenvalue weighted by Crippen LogP contribution is 2.45. The summed E-state index contributed by atoms with van der Waals surface area (Å²) in [6, 6.07) is 118. The molecule has 0 N–H and O–H groups in total. The second-order valence-corrected chi connectivity index (χ2v) is 26.8. The minimum atomic E-state index is 0.773. The summed E-state index contributed by atoms with van der Waals surface area (Å²) in [6.07, 6.45) is 7.57. The summed E-state index contributed by atoms with van der Waals surface area (Å²) in [5.74, 6) is 1.55. The predicted molar refractivity (Wildman–Crippen MR) is 422 cm³/mol. The van der Waals surface area contributed by atoms with E-state index in [1.165, 1.54) is 43.1 Å². The molecule has 0 aliphatic carbocycles. The lowest BCUT2D eigenvalue weighted by Crippen LogP contribution is -2.05. The van der Waals surface area contributed by atoms with Crippen molar-refractivity contribution >= 4 is 131 Å². The highest BCUT2D eigenvalue weighted by molar-refractivity contribution is 6.17. The quantitative estimate of drug-likeness (QED) is 0.145. The van der Waals surface area contributed by atoms with E-state index < -0.39 is 0 Å². The molecule has 9 nitrogen and oxygen atoms in total. The summed E-state index contributed by atoms with van der Waals surface area (Å²) in [7, 11) is 0. The molecule has 0 atom stereocenters. The lowest BCUT2D eigenvalue weighted by Gasteiger charge is -2.17. The Morgan fingerprint density at radius 1 is 0.176 bits per heavy atom. The third-order valence-electron chi connectivity index (χ3n) is 21.4. The molecule has 9 heterocycles. The van der Waals surface area contributed by atoms with Gasteiger partial charge in [0.1, 0.15) is 11.6 Å². The van der Waals surface area contributed by atoms with Gasteiger partial charge in [0, 0.05) is 123 Å². The van der Waals surface area contributed by atoms with Crippen LogP contribution in [0, 0.1) is 0 Å². The summed E-state index contributed by atoms with van der Waals surface area (Å²) in [5.41, 5.74) is 23.8. The van der Waals surface area contributed by atoms with Crippen LogP contribution < -0.4 is 0 Å². The van der Waals surface area contributed by atoms with Gasteiger partial charge in [-0.2, -0.15) is 0 Å². The molecule has 474 valence electrons. The molecule has 102 heavy (non-hydrogen) atoms. The van der Waals surface area contributed by atoms with E-state index in [9.17, 15) is 0 Å². The van der Waals surface area contributed by atoms with E-state index >= 15 is 0 Å². The maximum Gasteiger partial charge on any atom is 0.140 e. The van der Waals surface area contributed by atoms with E-state index in [2.05, 4.69) is 347 Å². The number of aromatic nitrogens is 9. The van der Waals surface area contributed by atoms with Gasteiger partial charge in [0.2, 0.25) is 0 Å². The number of fused-ring (bicyclic) bond motifs is 18. The summed E-state index contributed by atoms with van der Waals surface area (Å²) in [4.78, 5) is 15.4. The molecule has 13 aromatic carbocycles. The van der Waals surface area contributed by atoms with Crippen LogP contribution in [0.15, 0.2) is 346 Å². The van der Waals surface area contributed by atoms with Crippen LogP contribution >= 0.6 is 0 Å². The van der Waals surface area contributed by atoms with E-state index in [-0.39, 0.29) is 0 Å². The van der Waals surface area contributed by atoms with Crippen molar-refractivity contribution in [2.24, 2.45) is 0 Å². The number of pyridine rings is 3. The van der Waals surface area contributed by atoms with Gasteiger partial charge in [-0.25, -0.2) is 4.98 Å². The van der Waals surface area contributed by atoms with Crippen LogP contribution in [0.25, 0.3) is 199 Å². The van der Waals surface area contributed by atoms with Crippen molar-refractivity contribution in [3.63, 3.8) is 0 Å². The Morgan fingerprint density at radius 3 is 0.735 bits per heavy atom. The molecule has 0 fully saturated rings. The largest absolute Gasteiger partial charge is 0.309 e. The first-order valence-corrected chi connectivity index (χ1v) is 34.7. The molecule has 0 unspecified atom stereocenters. The van der Waals surface area contributed by atoms with Crippen molar-refractivity contribution in [1.29, 1.82) is 0 Å². The molecule has 0 aliphatic rings. The van der Waals surface area contributed by atoms with Crippen molar-refractivity contribution in [3.8, 4) is 67.8 Å². The van der Waals surface area contributed by atoms with Gasteiger partial charge in [-0.3, -0.25) is 19.1 Å². The number of para-hydroxylation sites is 8. The SMILES string of the molecule is c1cncc(-c2ccc(-c3cc(-n4c5ccc(-n6c7ccccc7c7ccccc76)cc5c5cc(-n6c7ccccc7c7ccccc76)ccc54)nc(-n4c5ccc(-n6c7ccccc7c7ccccc76)cc5c5cc(-n6c7ccccc7c7ccccc76)ccc54)c3)cc2-c2cccnc2)c1. The number of nitrogens with zero attached hydrogens (tertiary/aromatic N) is 9. The van der Waals surface area contributed by atoms with Crippen LogP contribution in [-0.4, -0.2) is 42.4 Å². The highest BCUT2D eigenvalue weighted by atomic mass is 15.1. The molecule has 0 amide bonds. The topological polar surface area (TPSA) is 68.2 Å². The predicted octanol–water partition coefficient (Wildman–Crippen LogP) is 23.5. The molecule has 22 aromatic rings. The van der Waals surface area contributed by atoms with E-state index in [4.69, 9.17) is 4.98 Å². The van der Waals surface area contributed by atoms with E-state index in [0.717, 1.165) is 156 Å². The molecule has 0 saturated carbocycles. The zero-order chi connectivity index (χ0) is 66.7. The first kappa shape index (κ1) is 56.2. The van der Waals surface area contributed by atoms with Gasteiger partial charge in [-0.15, -0.1) is 0 Å². The molecule has 0 bridgehead atoms. The average Bonchev–Trinajstić information content (AvgIpc) is 1.58. The van der Waals surface area contributed by atoms with Crippen LogP contribution in [0.3, 0.4) is 0 Å². The smallest absolute Gasteiger partial charge is 0.140 e. The Hall–Kier alpha value is -13.9. The van der Waals surface area contributed by atoms with E-state index in [0.29, 0.717) is 0 Å². The summed E-state index contributed by atoms with van der Waals surface area (Å²) < 4.78 is 14.5. The number of rotatable bonds is 9. The molecule has 22 rings (SSSR count). The fourth-order valence-electron chi connectivity index (χ4n) is 17.0. The molecule has 9 heteroatoms. The highest BCUT2D eigenvalue weighted by Gasteiger charge is 2.25. The van der Waals surface area contributed by atoms with Gasteiger partial charge < -0.3 is 18.3 Å². The molecule has 0 saturated heterocycles. The van der Waals surface area contributed by atoms with Crippen molar-refractivity contribution in [2.45, 2.75) is 0 Å². The van der Waals surface area contributed by atoms with Gasteiger partial charge in [0.15, 0.2) is 0 Å². The molecule has 0 radical (unpaired) electrons. The standard InChI is InChI=1S/C93H57N9/c1-9-29-80-67(21-1)68-22-2-10-30-81(68)97(80)62-38-43-88-76(52-62)77-53-63(98-82-31-11-3-23-69(82)70-24-4-12-32-83(70)98)39-44-89(77)101(88)92-50-61(58-37-42-66(59-19-17-47-94-56-59)75(49-58)60-20-18-48-95-57-60)51-93(96-92)102-90-45-40-64(99-84-33-13-5-25-71(84)72-26-6-14-34-85(72)99)54-78(90)79-55-65(41-46-91(79)102)100-86-35-15-7-27-73(86)74-28-8-16-36-87(74)100/h1-57H. The molecular formula is C93H57N9. The Bertz CT molecular complexity index is 6340. The fraction of sp³-hybridized carbons (Fsp3) is 0. The lowest BCUT2D eigenvalue weighted by molar-refractivity contribution is 1.01. The van der Waals surface area contributed by atoms with Gasteiger partial charge in [-0.1, -0.05) is 170 Å². The Morgan fingerprint density at radius 2 is 0.451 bits per heavy atom. The average molecular weight is 1300 g/mol. The zero-order valence-electron chi connectivity index (χ0n) is 54.9. The minimum absolute atomic E-state index is 0.773. The number of hydrogen-bond donors (Lipinski definition) is 0. The van der Waals surface area contributed by atoms with Crippen LogP contribution in [0.2, 0.25) is 0 Å². The van der Waals surface area contributed by atoms with Gasteiger partial charge in [0.05, 0.1) is 66.2 Å². The maximum absolute atomic E-state index is 6.09. The molecular weight excluding hydrogens is 1240 g/mol. The monoisotopic (exact) mass is 1300 g/mol. The third-order valence-corrected chi connectivity index (χ3v) is 21.4. The molecule has 0 spiro atoms. The van der Waals surface area contributed by atoms with Crippen molar-refractivity contribution in [3.05, 3.63) is 346 Å². The van der Waals surface area contributed by atoms with Gasteiger partial charge in [-0.05, 0) is 174 Å². The third kappa shape index (κ3) is 8.24. The van der Waals surface area contributed by atoms with E-state index in [1.54, 1.807) is 0 Å². The van der Waals surface area contributed by atoms with Crippen molar-refractivity contribution in [1.82, 2.24) is 42.4 Å². The number of hydrogen-bond acceptors (Lipinski definition) is 3. The zero-order valence-corrected chi connectivity index (χ0v) is 54.9. The first-order chi connectivity index (χ1) is 50.6. The van der Waals surface area contributed by atoms with Gasteiger partial charge >= 0.3 is 0 Å². The molecule has 0 aliphatic heterocycles. The second-order valence-electron chi connectivity index (χ2n) is 26.8. The first-order valence-electron chi connectivity index (χ1n) is 34.7. The van der Waals surface area contributed by atoms with Crippen molar-refractivity contribution < 1.29 is 0 Å². The fourth-order valence-corrected chi connectivity index (χ4v) is 17.0. The maximum atomic E-state index is 6.09. The van der Waals surface area contributed by atoms with Crippen LogP contribution in [0.1, 0.15) is 0 Å². The Kier molecular flexibility index (Phi) is 12.0. The lowest BCUT2D eigenvalue weighted by atomic mass is 9.92. The van der Waals surface area contributed by atoms with Crippen LogP contribution in [-0.2, 0) is 0 Å². The van der Waals surface area contributed by atoms with Crippen LogP contribution in [0.5, 0.6) is 0 Å². The summed E-state index contributed by atoms with van der Waals surface area (Å²) in [5, 5.41) is 14.1.